The number of carbonyl (C=O) groups excluding carboxylic acids is 1. The molecule has 1 aromatic rings. The largest absolute Gasteiger partial charge is 0.337 e. The minimum atomic E-state index is -0.274. The quantitative estimate of drug-likeness (QED) is 0.889. The number of nitrogens with one attached hydrogen (secondary N) is 1. The van der Waals surface area contributed by atoms with Crippen molar-refractivity contribution in [2.75, 3.05) is 6.54 Å². The summed E-state index contributed by atoms with van der Waals surface area (Å²) in [6.07, 6.45) is 8.75. The third-order valence-corrected chi connectivity index (χ3v) is 5.58. The number of likely N-dealkylation sites (tertiary alicyclic amines) is 1. The predicted molar refractivity (Wildman–Crippen MR) is 96.2 cm³/mol. The van der Waals surface area contributed by atoms with Crippen LogP contribution in [0.3, 0.4) is 0 Å². The highest BCUT2D eigenvalue weighted by Gasteiger charge is 2.36. The van der Waals surface area contributed by atoms with Gasteiger partial charge in [-0.3, -0.25) is 0 Å². The van der Waals surface area contributed by atoms with Crippen LogP contribution in [0.15, 0.2) is 4.52 Å². The number of hydrogen-bond donors (Lipinski definition) is 1. The molecular weight excluding hydrogens is 316 g/mol. The lowest BCUT2D eigenvalue weighted by molar-refractivity contribution is 0.152. The van der Waals surface area contributed by atoms with Gasteiger partial charge < -0.3 is 14.7 Å². The van der Waals surface area contributed by atoms with Gasteiger partial charge >= 0.3 is 6.03 Å². The molecule has 1 saturated heterocycles. The zero-order valence-corrected chi connectivity index (χ0v) is 16.0. The van der Waals surface area contributed by atoms with Gasteiger partial charge in [0.25, 0.3) is 0 Å². The van der Waals surface area contributed by atoms with Crippen LogP contribution in [0.5, 0.6) is 0 Å². The van der Waals surface area contributed by atoms with E-state index in [1.807, 2.05) is 32.6 Å². The maximum absolute atomic E-state index is 12.8. The van der Waals surface area contributed by atoms with Gasteiger partial charge in [-0.05, 0) is 38.5 Å². The number of amides is 2. The van der Waals surface area contributed by atoms with E-state index in [1.54, 1.807) is 0 Å². The molecule has 1 aliphatic heterocycles. The van der Waals surface area contributed by atoms with Crippen molar-refractivity contribution in [1.82, 2.24) is 20.4 Å². The van der Waals surface area contributed by atoms with Crippen molar-refractivity contribution in [3.8, 4) is 0 Å². The smallest absolute Gasteiger partial charge is 0.318 e. The predicted octanol–water partition coefficient (Wildman–Crippen LogP) is 4.18. The van der Waals surface area contributed by atoms with E-state index in [9.17, 15) is 4.79 Å². The van der Waals surface area contributed by atoms with E-state index in [0.29, 0.717) is 23.7 Å². The molecule has 6 nitrogen and oxygen atoms in total. The van der Waals surface area contributed by atoms with Crippen LogP contribution in [0.1, 0.15) is 90.4 Å². The summed E-state index contributed by atoms with van der Waals surface area (Å²) in [5.74, 6) is 1.82. The third-order valence-electron chi connectivity index (χ3n) is 5.58. The molecule has 0 aromatic carbocycles. The summed E-state index contributed by atoms with van der Waals surface area (Å²) in [5.41, 5.74) is -0.160. The van der Waals surface area contributed by atoms with E-state index < -0.39 is 0 Å². The van der Waals surface area contributed by atoms with Gasteiger partial charge in [0.1, 0.15) is 6.04 Å². The number of urea groups is 1. The summed E-state index contributed by atoms with van der Waals surface area (Å²) in [5, 5.41) is 7.11. The van der Waals surface area contributed by atoms with Gasteiger partial charge in [-0.25, -0.2) is 4.79 Å². The molecule has 1 saturated carbocycles. The number of nitrogens with zero attached hydrogens (tertiary/aromatic N) is 3. The minimum absolute atomic E-state index is 0.0103. The Morgan fingerprint density at radius 2 is 1.92 bits per heavy atom. The van der Waals surface area contributed by atoms with Gasteiger partial charge in [0, 0.05) is 18.0 Å². The van der Waals surface area contributed by atoms with Gasteiger partial charge in [0.2, 0.25) is 5.89 Å². The Bertz CT molecular complexity index is 586. The van der Waals surface area contributed by atoms with E-state index in [4.69, 9.17) is 4.52 Å². The van der Waals surface area contributed by atoms with Gasteiger partial charge in [-0.15, -0.1) is 0 Å². The lowest BCUT2D eigenvalue weighted by atomic mass is 9.83. The van der Waals surface area contributed by atoms with Crippen LogP contribution in [-0.4, -0.2) is 33.7 Å². The molecule has 2 fully saturated rings. The van der Waals surface area contributed by atoms with Crippen LogP contribution in [0.4, 0.5) is 4.79 Å². The maximum Gasteiger partial charge on any atom is 0.318 e. The van der Waals surface area contributed by atoms with Crippen LogP contribution in [0, 0.1) is 5.92 Å². The van der Waals surface area contributed by atoms with Crippen molar-refractivity contribution >= 4 is 6.03 Å². The molecule has 2 atom stereocenters. The van der Waals surface area contributed by atoms with Crippen LogP contribution < -0.4 is 5.32 Å². The number of rotatable bonds is 3. The number of hydrogen-bond acceptors (Lipinski definition) is 4. The molecule has 2 aliphatic rings. The second kappa shape index (κ2) is 7.34. The number of aromatic nitrogens is 2. The SMILES string of the molecule is CC(NC(=O)N1CCCC1C1CCCCC1)c1nc(C(C)(C)C)no1. The van der Waals surface area contributed by atoms with Gasteiger partial charge in [-0.1, -0.05) is 45.2 Å². The Morgan fingerprint density at radius 1 is 1.20 bits per heavy atom. The molecule has 2 unspecified atom stereocenters. The van der Waals surface area contributed by atoms with E-state index in [1.165, 1.54) is 32.1 Å². The first-order valence-electron chi connectivity index (χ1n) is 9.77. The Hall–Kier alpha value is -1.59. The molecule has 0 radical (unpaired) electrons. The highest BCUT2D eigenvalue weighted by molar-refractivity contribution is 5.75. The van der Waals surface area contributed by atoms with E-state index in [0.717, 1.165) is 19.4 Å². The summed E-state index contributed by atoms with van der Waals surface area (Å²) < 4.78 is 5.37. The summed E-state index contributed by atoms with van der Waals surface area (Å²) in [7, 11) is 0. The second-order valence-electron chi connectivity index (χ2n) is 8.68. The fourth-order valence-electron chi connectivity index (χ4n) is 4.10. The summed E-state index contributed by atoms with van der Waals surface area (Å²) in [6, 6.07) is 0.139. The molecular formula is C19H32N4O2. The molecule has 2 amide bonds. The van der Waals surface area contributed by atoms with Crippen LogP contribution in [0.2, 0.25) is 0 Å². The van der Waals surface area contributed by atoms with Crippen molar-refractivity contribution in [2.24, 2.45) is 5.92 Å². The zero-order chi connectivity index (χ0) is 18.0. The first-order valence-corrected chi connectivity index (χ1v) is 9.77. The van der Waals surface area contributed by atoms with E-state index in [2.05, 4.69) is 15.5 Å². The molecule has 140 valence electrons. The third kappa shape index (κ3) is 4.15. The average molecular weight is 348 g/mol. The number of carbonyl (C=O) groups is 1. The first-order chi connectivity index (χ1) is 11.9. The van der Waals surface area contributed by atoms with Crippen molar-refractivity contribution < 1.29 is 9.32 Å². The van der Waals surface area contributed by atoms with Crippen molar-refractivity contribution in [3.63, 3.8) is 0 Å². The Morgan fingerprint density at radius 3 is 2.56 bits per heavy atom. The monoisotopic (exact) mass is 348 g/mol. The minimum Gasteiger partial charge on any atom is -0.337 e. The highest BCUT2D eigenvalue weighted by Crippen LogP contribution is 2.34. The van der Waals surface area contributed by atoms with Crippen LogP contribution >= 0.6 is 0 Å². The van der Waals surface area contributed by atoms with Crippen LogP contribution in [0.25, 0.3) is 0 Å². The molecule has 1 N–H and O–H groups in total. The molecule has 1 aromatic heterocycles. The summed E-state index contributed by atoms with van der Waals surface area (Å²) in [4.78, 5) is 19.3. The van der Waals surface area contributed by atoms with Crippen molar-refractivity contribution in [3.05, 3.63) is 11.7 Å². The molecule has 1 aliphatic carbocycles. The van der Waals surface area contributed by atoms with Crippen molar-refractivity contribution in [2.45, 2.75) is 90.1 Å². The Kier molecular flexibility index (Phi) is 5.35. The average Bonchev–Trinajstić information content (AvgIpc) is 3.24. The lowest BCUT2D eigenvalue weighted by Gasteiger charge is -2.34. The molecule has 25 heavy (non-hydrogen) atoms. The first kappa shape index (κ1) is 18.2. The molecule has 6 heteroatoms. The van der Waals surface area contributed by atoms with Gasteiger partial charge in [0.15, 0.2) is 5.82 Å². The molecule has 2 heterocycles. The topological polar surface area (TPSA) is 71.3 Å². The molecule has 0 spiro atoms. The molecule has 3 rings (SSSR count). The van der Waals surface area contributed by atoms with Gasteiger partial charge in [-0.2, -0.15) is 4.98 Å². The van der Waals surface area contributed by atoms with Crippen molar-refractivity contribution in [1.29, 1.82) is 0 Å². The Labute approximate surface area is 150 Å². The molecule has 0 bridgehead atoms. The Balaban J connectivity index is 1.61. The summed E-state index contributed by atoms with van der Waals surface area (Å²) >= 11 is 0. The zero-order valence-electron chi connectivity index (χ0n) is 16.0. The summed E-state index contributed by atoms with van der Waals surface area (Å²) in [6.45, 7) is 8.90. The van der Waals surface area contributed by atoms with Gasteiger partial charge in [0.05, 0.1) is 0 Å². The highest BCUT2D eigenvalue weighted by atomic mass is 16.5. The fourth-order valence-corrected chi connectivity index (χ4v) is 4.10. The van der Waals surface area contributed by atoms with Crippen LogP contribution in [-0.2, 0) is 5.41 Å². The standard InChI is InChI=1S/C19H32N4O2/c1-13(16-21-17(22-25-16)19(2,3)4)20-18(24)23-12-8-11-15(23)14-9-6-5-7-10-14/h13-15H,5-12H2,1-4H3,(H,20,24). The van der Waals surface area contributed by atoms with E-state index in [-0.39, 0.29) is 17.5 Å². The lowest BCUT2D eigenvalue weighted by Crippen LogP contribution is -2.46. The second-order valence-corrected chi connectivity index (χ2v) is 8.68. The maximum atomic E-state index is 12.8. The van der Waals surface area contributed by atoms with E-state index >= 15 is 0 Å². The fraction of sp³-hybridized carbons (Fsp3) is 0.842. The normalized spacial score (nSPS) is 23.7.